The number of hydroxylamine groups is 2. The molecule has 0 aromatic heterocycles. The molecule has 0 atom stereocenters. The maximum atomic E-state index is 12.5. The largest absolute Gasteiger partial charge is 0.493 e. The first kappa shape index (κ1) is 23.6. The van der Waals surface area contributed by atoms with E-state index in [0.717, 1.165) is 16.9 Å². The summed E-state index contributed by atoms with van der Waals surface area (Å²) >= 11 is 3.52. The van der Waals surface area contributed by atoms with Crippen molar-refractivity contribution < 1.29 is 23.8 Å². The highest BCUT2D eigenvalue weighted by Gasteiger charge is 2.34. The monoisotopic (exact) mass is 525 g/mol. The van der Waals surface area contributed by atoms with Gasteiger partial charge in [-0.05, 0) is 77.7 Å². The molecule has 0 fully saturated rings. The number of amides is 1. The lowest BCUT2D eigenvalue weighted by Gasteiger charge is -2.23. The Kier molecular flexibility index (Phi) is 6.74. The van der Waals surface area contributed by atoms with Crippen molar-refractivity contribution in [2.24, 2.45) is 4.99 Å². The van der Waals surface area contributed by atoms with E-state index < -0.39 is 5.91 Å². The van der Waals surface area contributed by atoms with Crippen LogP contribution in [-0.4, -0.2) is 43.0 Å². The number of carbonyl (C=O) groups is 1. The zero-order valence-corrected chi connectivity index (χ0v) is 20.9. The standard InChI is InChI=1S/C25H24BrN3O5/c1-14-5-6-15(2)20(9-14)32-7-8-33-23-19(26)12-17(13-21(23)31-4)11-18-24(27)29-22(28-25(18)30)10-16(3)34-29/h5-6,9-13,27H,7-8H2,1-4H3/b18-11-,27-24?. The number of amidine groups is 2. The van der Waals surface area contributed by atoms with Gasteiger partial charge in [0.2, 0.25) is 0 Å². The molecule has 2 aromatic rings. The smallest absolute Gasteiger partial charge is 0.282 e. The third-order valence-corrected chi connectivity index (χ3v) is 5.76. The second-order valence-corrected chi connectivity index (χ2v) is 8.68. The van der Waals surface area contributed by atoms with Crippen molar-refractivity contribution >= 4 is 39.6 Å². The number of halogens is 1. The van der Waals surface area contributed by atoms with Gasteiger partial charge in [0.05, 0.1) is 17.2 Å². The van der Waals surface area contributed by atoms with Gasteiger partial charge in [-0.2, -0.15) is 4.99 Å². The van der Waals surface area contributed by atoms with Gasteiger partial charge in [0.25, 0.3) is 5.91 Å². The molecular weight excluding hydrogens is 502 g/mol. The zero-order valence-electron chi connectivity index (χ0n) is 19.3. The summed E-state index contributed by atoms with van der Waals surface area (Å²) in [7, 11) is 1.54. The molecule has 4 rings (SSSR count). The average molecular weight is 526 g/mol. The van der Waals surface area contributed by atoms with E-state index in [1.165, 1.54) is 12.2 Å². The van der Waals surface area contributed by atoms with Crippen molar-refractivity contribution in [2.45, 2.75) is 20.8 Å². The van der Waals surface area contributed by atoms with E-state index in [4.69, 9.17) is 24.5 Å². The Balaban J connectivity index is 1.48. The lowest BCUT2D eigenvalue weighted by Crippen LogP contribution is -2.38. The molecular formula is C25H24BrN3O5. The van der Waals surface area contributed by atoms with E-state index in [1.807, 2.05) is 32.0 Å². The van der Waals surface area contributed by atoms with Crippen molar-refractivity contribution in [2.75, 3.05) is 20.3 Å². The van der Waals surface area contributed by atoms with Crippen LogP contribution in [0.4, 0.5) is 0 Å². The van der Waals surface area contributed by atoms with Crippen molar-refractivity contribution in [3.8, 4) is 17.2 Å². The molecule has 2 heterocycles. The lowest BCUT2D eigenvalue weighted by molar-refractivity contribution is -0.114. The van der Waals surface area contributed by atoms with E-state index in [-0.39, 0.29) is 11.4 Å². The number of aryl methyl sites for hydroxylation is 2. The van der Waals surface area contributed by atoms with Crippen LogP contribution in [0.25, 0.3) is 6.08 Å². The SMILES string of the molecule is COc1cc(/C=C2/C(=N)N3OC(C)=CC3=NC2=O)cc(Br)c1OCCOc1cc(C)ccc1C. The molecule has 2 aliphatic rings. The molecule has 0 bridgehead atoms. The van der Waals surface area contributed by atoms with Crippen molar-refractivity contribution in [3.05, 3.63) is 68.9 Å². The Morgan fingerprint density at radius 1 is 1.12 bits per heavy atom. The number of nitrogens with one attached hydrogen (secondary N) is 1. The summed E-state index contributed by atoms with van der Waals surface area (Å²) in [6, 6.07) is 9.57. The number of benzene rings is 2. The van der Waals surface area contributed by atoms with E-state index in [2.05, 4.69) is 20.9 Å². The number of nitrogens with zero attached hydrogens (tertiary/aromatic N) is 2. The average Bonchev–Trinajstić information content (AvgIpc) is 3.17. The Morgan fingerprint density at radius 2 is 1.88 bits per heavy atom. The summed E-state index contributed by atoms with van der Waals surface area (Å²) in [5, 5.41) is 9.59. The Labute approximate surface area is 206 Å². The molecule has 34 heavy (non-hydrogen) atoms. The number of hydrogen-bond donors (Lipinski definition) is 1. The zero-order chi connectivity index (χ0) is 24.4. The minimum atomic E-state index is -0.509. The number of ether oxygens (including phenoxy) is 3. The number of methoxy groups -OCH3 is 1. The lowest BCUT2D eigenvalue weighted by atomic mass is 10.1. The molecule has 9 heteroatoms. The van der Waals surface area contributed by atoms with Crippen LogP contribution in [0.2, 0.25) is 0 Å². The summed E-state index contributed by atoms with van der Waals surface area (Å²) in [6.07, 6.45) is 3.18. The molecule has 2 aliphatic heterocycles. The second-order valence-electron chi connectivity index (χ2n) is 7.82. The molecule has 2 aromatic carbocycles. The first-order valence-corrected chi connectivity index (χ1v) is 11.4. The van der Waals surface area contributed by atoms with E-state index >= 15 is 0 Å². The molecule has 0 aliphatic carbocycles. The van der Waals surface area contributed by atoms with Crippen LogP contribution >= 0.6 is 15.9 Å². The van der Waals surface area contributed by atoms with Gasteiger partial charge in [0.1, 0.15) is 24.7 Å². The van der Waals surface area contributed by atoms with Gasteiger partial charge in [-0.1, -0.05) is 12.1 Å². The van der Waals surface area contributed by atoms with Crippen molar-refractivity contribution in [1.29, 1.82) is 5.41 Å². The molecule has 0 saturated carbocycles. The summed E-state index contributed by atoms with van der Waals surface area (Å²) in [4.78, 5) is 22.0. The molecule has 0 saturated heterocycles. The Morgan fingerprint density at radius 3 is 2.65 bits per heavy atom. The Bertz CT molecular complexity index is 1270. The molecule has 0 spiro atoms. The highest BCUT2D eigenvalue weighted by molar-refractivity contribution is 9.10. The summed E-state index contributed by atoms with van der Waals surface area (Å²) in [5.41, 5.74) is 2.94. The van der Waals surface area contributed by atoms with Crippen molar-refractivity contribution in [1.82, 2.24) is 5.06 Å². The minimum absolute atomic E-state index is 0.0814. The van der Waals surface area contributed by atoms with Crippen LogP contribution in [0.1, 0.15) is 23.6 Å². The Hall–Kier alpha value is -3.59. The maximum absolute atomic E-state index is 12.5. The summed E-state index contributed by atoms with van der Waals surface area (Å²) < 4.78 is 17.9. The van der Waals surface area contributed by atoms with Crippen molar-refractivity contribution in [3.63, 3.8) is 0 Å². The number of aliphatic imine (C=N–C) groups is 1. The fourth-order valence-corrected chi connectivity index (χ4v) is 4.06. The van der Waals surface area contributed by atoms with Crippen LogP contribution in [0.5, 0.6) is 17.2 Å². The molecule has 0 unspecified atom stereocenters. The third kappa shape index (κ3) is 4.84. The van der Waals surface area contributed by atoms with Gasteiger partial charge >= 0.3 is 0 Å². The quantitative estimate of drug-likeness (QED) is 0.404. The fraction of sp³-hybridized carbons (Fsp3) is 0.240. The number of hydrogen-bond acceptors (Lipinski definition) is 6. The number of carbonyl (C=O) groups excluding carboxylic acids is 1. The van der Waals surface area contributed by atoms with Gasteiger partial charge in [0, 0.05) is 6.08 Å². The summed E-state index contributed by atoms with van der Waals surface area (Å²) in [5.74, 6) is 2.09. The predicted octanol–water partition coefficient (Wildman–Crippen LogP) is 4.98. The van der Waals surface area contributed by atoms with Crippen LogP contribution in [0.15, 0.2) is 57.2 Å². The maximum Gasteiger partial charge on any atom is 0.282 e. The molecule has 176 valence electrons. The van der Waals surface area contributed by atoms with Crippen LogP contribution in [-0.2, 0) is 9.63 Å². The van der Waals surface area contributed by atoms with Crippen LogP contribution in [0.3, 0.4) is 0 Å². The van der Waals surface area contributed by atoms with Gasteiger partial charge in [-0.25, -0.2) is 0 Å². The summed E-state index contributed by atoms with van der Waals surface area (Å²) in [6.45, 7) is 6.42. The van der Waals surface area contributed by atoms with Gasteiger partial charge in [-0.15, -0.1) is 5.06 Å². The first-order valence-electron chi connectivity index (χ1n) is 10.6. The topological polar surface area (TPSA) is 93.4 Å². The van der Waals surface area contributed by atoms with Gasteiger partial charge < -0.3 is 19.0 Å². The molecule has 1 N–H and O–H groups in total. The minimum Gasteiger partial charge on any atom is -0.493 e. The first-order chi connectivity index (χ1) is 16.3. The second kappa shape index (κ2) is 9.72. The predicted molar refractivity (Wildman–Crippen MR) is 132 cm³/mol. The van der Waals surface area contributed by atoms with E-state index in [0.29, 0.717) is 46.3 Å². The third-order valence-electron chi connectivity index (χ3n) is 5.17. The van der Waals surface area contributed by atoms with Crippen LogP contribution in [0, 0.1) is 19.3 Å². The van der Waals surface area contributed by atoms with E-state index in [1.54, 1.807) is 31.2 Å². The van der Waals surface area contributed by atoms with Gasteiger partial charge in [0.15, 0.2) is 23.2 Å². The molecule has 0 radical (unpaired) electrons. The number of rotatable bonds is 7. The molecule has 1 amide bonds. The van der Waals surface area contributed by atoms with E-state index in [9.17, 15) is 4.79 Å². The number of allylic oxidation sites excluding steroid dienone is 1. The highest BCUT2D eigenvalue weighted by atomic mass is 79.9. The number of fused-ring (bicyclic) bond motifs is 1. The van der Waals surface area contributed by atoms with Crippen LogP contribution < -0.4 is 14.2 Å². The fourth-order valence-electron chi connectivity index (χ4n) is 3.49. The van der Waals surface area contributed by atoms with Gasteiger partial charge in [-0.3, -0.25) is 10.2 Å². The highest BCUT2D eigenvalue weighted by Crippen LogP contribution is 2.37. The normalized spacial score (nSPS) is 16.1. The molecule has 8 nitrogen and oxygen atoms in total.